The van der Waals surface area contributed by atoms with E-state index in [2.05, 4.69) is 69.1 Å². The number of halogens is 1. The molecule has 0 heterocycles. The maximum atomic E-state index is 14.1. The molecule has 0 aliphatic heterocycles. The summed E-state index contributed by atoms with van der Waals surface area (Å²) in [5.74, 6) is -0.437. The van der Waals surface area contributed by atoms with Gasteiger partial charge >= 0.3 is 0 Å². The highest BCUT2D eigenvalue weighted by atomic mass is 19.1. The average Bonchev–Trinajstić information content (AvgIpc) is 2.99. The SMILES string of the molecule is C=C/C(C(=N)CC)=C(\C=C/CC1=CC(F)=C(C#N)CC1)CN/C(C)=C(\N)c1ccc(-c2ccc(CC)c(C)c2)cc1C. The van der Waals surface area contributed by atoms with Gasteiger partial charge in [0, 0.05) is 23.5 Å². The molecule has 2 aromatic rings. The summed E-state index contributed by atoms with van der Waals surface area (Å²) in [7, 11) is 0. The van der Waals surface area contributed by atoms with Crippen molar-refractivity contribution in [2.75, 3.05) is 6.54 Å². The maximum Gasteiger partial charge on any atom is 0.136 e. The fourth-order valence-electron chi connectivity index (χ4n) is 5.19. The van der Waals surface area contributed by atoms with Crippen LogP contribution in [0.1, 0.15) is 68.7 Å². The Labute approximate surface area is 251 Å². The molecular weight excluding hydrogens is 519 g/mol. The van der Waals surface area contributed by atoms with E-state index in [0.29, 0.717) is 43.6 Å². The molecule has 0 radical (unpaired) electrons. The lowest BCUT2D eigenvalue weighted by molar-refractivity contribution is 0.636. The van der Waals surface area contributed by atoms with Crippen molar-refractivity contribution in [1.29, 1.82) is 10.7 Å². The van der Waals surface area contributed by atoms with Gasteiger partial charge < -0.3 is 16.5 Å². The van der Waals surface area contributed by atoms with Crippen molar-refractivity contribution in [3.05, 3.63) is 123 Å². The van der Waals surface area contributed by atoms with Gasteiger partial charge in [0.1, 0.15) is 5.83 Å². The summed E-state index contributed by atoms with van der Waals surface area (Å²) in [6, 6.07) is 14.9. The van der Waals surface area contributed by atoms with Crippen LogP contribution in [0.25, 0.3) is 16.8 Å². The molecule has 4 nitrogen and oxygen atoms in total. The van der Waals surface area contributed by atoms with Crippen molar-refractivity contribution in [2.45, 2.75) is 66.7 Å². The molecule has 0 fully saturated rings. The summed E-state index contributed by atoms with van der Waals surface area (Å²) in [5, 5.41) is 21.0. The van der Waals surface area contributed by atoms with E-state index < -0.39 is 5.83 Å². The van der Waals surface area contributed by atoms with Crippen LogP contribution in [0.5, 0.6) is 0 Å². The van der Waals surface area contributed by atoms with E-state index in [1.54, 1.807) is 6.08 Å². The molecule has 1 aliphatic rings. The number of allylic oxidation sites excluding steroid dienone is 8. The van der Waals surface area contributed by atoms with E-state index >= 15 is 0 Å². The molecule has 0 unspecified atom stereocenters. The number of nitrogens with one attached hydrogen (secondary N) is 2. The predicted molar refractivity (Wildman–Crippen MR) is 176 cm³/mol. The van der Waals surface area contributed by atoms with E-state index in [9.17, 15) is 4.39 Å². The smallest absolute Gasteiger partial charge is 0.136 e. The monoisotopic (exact) mass is 562 g/mol. The summed E-state index contributed by atoms with van der Waals surface area (Å²) in [4.78, 5) is 0. The summed E-state index contributed by atoms with van der Waals surface area (Å²) >= 11 is 0. The molecule has 0 bridgehead atoms. The molecule has 0 aromatic heterocycles. The second-order valence-corrected chi connectivity index (χ2v) is 10.7. The molecule has 218 valence electrons. The van der Waals surface area contributed by atoms with E-state index in [0.717, 1.165) is 45.5 Å². The third-order valence-corrected chi connectivity index (χ3v) is 7.90. The van der Waals surface area contributed by atoms with Gasteiger partial charge in [-0.15, -0.1) is 0 Å². The highest BCUT2D eigenvalue weighted by Crippen LogP contribution is 2.28. The van der Waals surface area contributed by atoms with Crippen LogP contribution < -0.4 is 11.1 Å². The zero-order valence-corrected chi connectivity index (χ0v) is 25.6. The third-order valence-electron chi connectivity index (χ3n) is 7.90. The molecule has 0 spiro atoms. The van der Waals surface area contributed by atoms with E-state index in [4.69, 9.17) is 16.4 Å². The quantitative estimate of drug-likeness (QED) is 0.178. The van der Waals surface area contributed by atoms with Crippen LogP contribution in [0.15, 0.2) is 101 Å². The van der Waals surface area contributed by atoms with Gasteiger partial charge in [0.05, 0.1) is 17.3 Å². The minimum atomic E-state index is -0.437. The molecule has 1 aliphatic carbocycles. The zero-order valence-electron chi connectivity index (χ0n) is 25.6. The second kappa shape index (κ2) is 15.0. The topological polar surface area (TPSA) is 85.7 Å². The Morgan fingerprint density at radius 3 is 2.38 bits per heavy atom. The Bertz CT molecular complexity index is 1560. The number of aryl methyl sites for hydroxylation is 3. The van der Waals surface area contributed by atoms with Crippen LogP contribution in [0, 0.1) is 30.6 Å². The Hall–Kier alpha value is -4.43. The Balaban J connectivity index is 1.82. The summed E-state index contributed by atoms with van der Waals surface area (Å²) in [6.45, 7) is 14.7. The molecule has 42 heavy (non-hydrogen) atoms. The van der Waals surface area contributed by atoms with Gasteiger partial charge in [-0.05, 0) is 97.9 Å². The number of hydrogen-bond acceptors (Lipinski definition) is 4. The molecule has 0 atom stereocenters. The third kappa shape index (κ3) is 7.85. The van der Waals surface area contributed by atoms with Crippen LogP contribution >= 0.6 is 0 Å². The summed E-state index contributed by atoms with van der Waals surface area (Å²) in [5.41, 5.74) is 18.6. The molecule has 0 amide bonds. The van der Waals surface area contributed by atoms with Crippen molar-refractivity contribution in [1.82, 2.24) is 5.32 Å². The van der Waals surface area contributed by atoms with E-state index in [1.807, 2.05) is 32.1 Å². The first-order valence-corrected chi connectivity index (χ1v) is 14.6. The van der Waals surface area contributed by atoms with Crippen molar-refractivity contribution in [2.24, 2.45) is 5.73 Å². The lowest BCUT2D eigenvalue weighted by Gasteiger charge is -2.16. The van der Waals surface area contributed by atoms with Gasteiger partial charge in [-0.1, -0.05) is 80.6 Å². The van der Waals surface area contributed by atoms with Gasteiger partial charge in [-0.2, -0.15) is 5.26 Å². The Morgan fingerprint density at radius 1 is 1.12 bits per heavy atom. The van der Waals surface area contributed by atoms with E-state index in [1.165, 1.54) is 22.8 Å². The number of hydrogen-bond donors (Lipinski definition) is 3. The molecule has 4 N–H and O–H groups in total. The van der Waals surface area contributed by atoms with Gasteiger partial charge in [-0.3, -0.25) is 0 Å². The van der Waals surface area contributed by atoms with Gasteiger partial charge in [0.15, 0.2) is 0 Å². The fourth-order valence-corrected chi connectivity index (χ4v) is 5.19. The Morgan fingerprint density at radius 2 is 1.81 bits per heavy atom. The van der Waals surface area contributed by atoms with Crippen LogP contribution in [0.4, 0.5) is 4.39 Å². The number of benzene rings is 2. The Kier molecular flexibility index (Phi) is 11.4. The minimum Gasteiger partial charge on any atom is -0.397 e. The normalized spacial score (nSPS) is 14.6. The highest BCUT2D eigenvalue weighted by molar-refractivity contribution is 6.01. The highest BCUT2D eigenvalue weighted by Gasteiger charge is 2.13. The largest absolute Gasteiger partial charge is 0.397 e. The molecule has 5 heteroatoms. The van der Waals surface area contributed by atoms with Crippen molar-refractivity contribution < 1.29 is 4.39 Å². The molecule has 0 saturated carbocycles. The predicted octanol–water partition coefficient (Wildman–Crippen LogP) is 9.10. The maximum absolute atomic E-state index is 14.1. The first-order chi connectivity index (χ1) is 20.1. The summed E-state index contributed by atoms with van der Waals surface area (Å²) < 4.78 is 14.1. The molecular formula is C37H43FN4. The number of nitrogens with two attached hydrogens (primary N) is 1. The minimum absolute atomic E-state index is 0.211. The van der Waals surface area contributed by atoms with Crippen LogP contribution in [0.2, 0.25) is 0 Å². The van der Waals surface area contributed by atoms with Crippen LogP contribution in [-0.2, 0) is 6.42 Å². The van der Waals surface area contributed by atoms with E-state index in [-0.39, 0.29) is 5.57 Å². The van der Waals surface area contributed by atoms with Gasteiger partial charge in [-0.25, -0.2) is 4.39 Å². The lowest BCUT2D eigenvalue weighted by Crippen LogP contribution is -2.20. The van der Waals surface area contributed by atoms with Crippen molar-refractivity contribution >= 4 is 11.4 Å². The lowest BCUT2D eigenvalue weighted by atomic mass is 9.95. The number of nitrogens with zero attached hydrogens (tertiary/aromatic N) is 1. The first kappa shape index (κ1) is 32.1. The van der Waals surface area contributed by atoms with Crippen molar-refractivity contribution in [3.63, 3.8) is 0 Å². The second-order valence-electron chi connectivity index (χ2n) is 10.7. The van der Waals surface area contributed by atoms with Crippen molar-refractivity contribution in [3.8, 4) is 17.2 Å². The number of nitriles is 1. The van der Waals surface area contributed by atoms with Gasteiger partial charge in [0.2, 0.25) is 0 Å². The van der Waals surface area contributed by atoms with Crippen LogP contribution in [0.3, 0.4) is 0 Å². The molecule has 2 aromatic carbocycles. The molecule has 0 saturated heterocycles. The summed E-state index contributed by atoms with van der Waals surface area (Å²) in [6.07, 6.45) is 10.4. The number of rotatable bonds is 12. The fraction of sp³-hybridized carbons (Fsp3) is 0.297. The first-order valence-electron chi connectivity index (χ1n) is 14.6. The van der Waals surface area contributed by atoms with Gasteiger partial charge in [0.25, 0.3) is 0 Å². The standard InChI is InChI=1S/C37H43FN4/c1-7-28-15-16-29(19-24(28)4)30-17-18-34(25(5)20-30)37(41)26(6)42-23-32(33(8-2)36(40)9-3)12-10-11-27-13-14-31(22-39)35(38)21-27/h8,10,12,15-21,40,42H,2,7,9,11,13-14,23,41H2,1,3-6H3/b12-10-,33-32-,37-26-,40-36?. The van der Waals surface area contributed by atoms with Crippen LogP contribution in [-0.4, -0.2) is 12.3 Å². The average molecular weight is 563 g/mol. The zero-order chi connectivity index (χ0) is 30.8. The molecule has 3 rings (SSSR count).